The topological polar surface area (TPSA) is 67.9 Å². The molecule has 2 amide bonds. The summed E-state index contributed by atoms with van der Waals surface area (Å²) in [6.45, 7) is 6.70. The highest BCUT2D eigenvalue weighted by atomic mass is 32.2. The number of hydrogen-bond acceptors (Lipinski definition) is 6. The van der Waals surface area contributed by atoms with Crippen LogP contribution < -0.4 is 14.8 Å². The molecule has 3 aromatic carbocycles. The fourth-order valence-electron chi connectivity index (χ4n) is 3.89. The van der Waals surface area contributed by atoms with Crippen LogP contribution in [0.3, 0.4) is 0 Å². The van der Waals surface area contributed by atoms with Crippen LogP contribution in [0.4, 0.5) is 5.69 Å². The normalized spacial score (nSPS) is 14.2. The molecule has 0 radical (unpaired) electrons. The van der Waals surface area contributed by atoms with Crippen LogP contribution in [0.2, 0.25) is 0 Å². The minimum atomic E-state index is -0.265. The highest BCUT2D eigenvalue weighted by Crippen LogP contribution is 2.35. The average molecular weight is 547 g/mol. The molecule has 0 aromatic heterocycles. The lowest BCUT2D eigenvalue weighted by Crippen LogP contribution is -2.30. The van der Waals surface area contributed by atoms with E-state index in [2.05, 4.69) is 5.32 Å². The van der Waals surface area contributed by atoms with Gasteiger partial charge in [0.15, 0.2) is 18.1 Å². The molecule has 1 aliphatic rings. The fourth-order valence-corrected chi connectivity index (χ4v) is 5.20. The number of carbonyl (C=O) groups excluding carboxylic acids is 2. The number of thiocarbonyl (C=S) groups is 1. The number of carbonyl (C=O) groups is 2. The molecule has 3 aromatic rings. The molecule has 1 fully saturated rings. The standard InChI is InChI=1S/C30H30N2O4S2/c1-4-35-26-17-23(11-13-25(26)36-19-28(33)31-24-12-10-20(2)21(3)16-24)18-27-29(34)32(30(37)38-27)15-14-22-8-6-5-7-9-22/h5-13,16-18H,4,14-15,19H2,1-3H3,(H,31,33)/b27-18-. The van der Waals surface area contributed by atoms with Gasteiger partial charge in [-0.15, -0.1) is 0 Å². The van der Waals surface area contributed by atoms with Crippen molar-refractivity contribution in [3.8, 4) is 11.5 Å². The summed E-state index contributed by atoms with van der Waals surface area (Å²) in [4.78, 5) is 27.7. The van der Waals surface area contributed by atoms with Crippen LogP contribution in [0.1, 0.15) is 29.2 Å². The van der Waals surface area contributed by atoms with Crippen LogP contribution in [0.15, 0.2) is 71.6 Å². The van der Waals surface area contributed by atoms with Crippen molar-refractivity contribution >= 4 is 51.9 Å². The molecule has 0 aliphatic carbocycles. The van der Waals surface area contributed by atoms with E-state index in [-0.39, 0.29) is 18.4 Å². The number of aryl methyl sites for hydroxylation is 2. The second-order valence-corrected chi connectivity index (χ2v) is 10.5. The van der Waals surface area contributed by atoms with E-state index in [0.29, 0.717) is 33.9 Å². The smallest absolute Gasteiger partial charge is 0.266 e. The van der Waals surface area contributed by atoms with Gasteiger partial charge in [0.05, 0.1) is 11.5 Å². The number of rotatable bonds is 10. The molecule has 1 N–H and O–H groups in total. The number of ether oxygens (including phenoxy) is 2. The van der Waals surface area contributed by atoms with Gasteiger partial charge in [0.2, 0.25) is 0 Å². The molecule has 0 unspecified atom stereocenters. The fraction of sp³-hybridized carbons (Fsp3) is 0.233. The summed E-state index contributed by atoms with van der Waals surface area (Å²) in [6.07, 6.45) is 2.54. The first-order chi connectivity index (χ1) is 18.3. The van der Waals surface area contributed by atoms with Gasteiger partial charge in [-0.05, 0) is 79.8 Å². The highest BCUT2D eigenvalue weighted by Gasteiger charge is 2.31. The zero-order valence-corrected chi connectivity index (χ0v) is 23.3. The molecule has 1 aliphatic heterocycles. The lowest BCUT2D eigenvalue weighted by molar-refractivity contribution is -0.122. The molecule has 196 valence electrons. The molecule has 38 heavy (non-hydrogen) atoms. The highest BCUT2D eigenvalue weighted by molar-refractivity contribution is 8.26. The Bertz CT molecular complexity index is 1370. The van der Waals surface area contributed by atoms with Gasteiger partial charge < -0.3 is 14.8 Å². The van der Waals surface area contributed by atoms with E-state index in [4.69, 9.17) is 21.7 Å². The Morgan fingerprint density at radius 1 is 1.00 bits per heavy atom. The summed E-state index contributed by atoms with van der Waals surface area (Å²) in [5.41, 5.74) is 4.93. The molecule has 1 heterocycles. The van der Waals surface area contributed by atoms with E-state index < -0.39 is 0 Å². The van der Waals surface area contributed by atoms with Crippen LogP contribution in [0.25, 0.3) is 6.08 Å². The lowest BCUT2D eigenvalue weighted by atomic mass is 10.1. The Hall–Kier alpha value is -3.62. The van der Waals surface area contributed by atoms with Crippen molar-refractivity contribution in [2.24, 2.45) is 0 Å². The first kappa shape index (κ1) is 27.4. The second-order valence-electron chi connectivity index (χ2n) is 8.84. The van der Waals surface area contributed by atoms with Gasteiger partial charge in [-0.25, -0.2) is 0 Å². The number of amides is 2. The number of hydrogen-bond donors (Lipinski definition) is 1. The maximum Gasteiger partial charge on any atom is 0.266 e. The quantitative estimate of drug-likeness (QED) is 0.243. The largest absolute Gasteiger partial charge is 0.490 e. The van der Waals surface area contributed by atoms with Gasteiger partial charge >= 0.3 is 0 Å². The first-order valence-electron chi connectivity index (χ1n) is 12.4. The van der Waals surface area contributed by atoms with E-state index in [1.54, 1.807) is 23.1 Å². The molecule has 6 nitrogen and oxygen atoms in total. The van der Waals surface area contributed by atoms with Crippen molar-refractivity contribution in [3.05, 3.63) is 93.9 Å². The Morgan fingerprint density at radius 2 is 1.79 bits per heavy atom. The van der Waals surface area contributed by atoms with Gasteiger partial charge in [-0.1, -0.05) is 66.4 Å². The zero-order valence-electron chi connectivity index (χ0n) is 21.7. The van der Waals surface area contributed by atoms with Crippen LogP contribution in [-0.4, -0.2) is 40.8 Å². The minimum Gasteiger partial charge on any atom is -0.490 e. The monoisotopic (exact) mass is 546 g/mol. The van der Waals surface area contributed by atoms with E-state index in [1.165, 1.54) is 11.8 Å². The molecule has 0 atom stereocenters. The van der Waals surface area contributed by atoms with Gasteiger partial charge in [-0.2, -0.15) is 0 Å². The Morgan fingerprint density at radius 3 is 2.53 bits per heavy atom. The predicted molar refractivity (Wildman–Crippen MR) is 158 cm³/mol. The van der Waals surface area contributed by atoms with Crippen LogP contribution in [0, 0.1) is 13.8 Å². The van der Waals surface area contributed by atoms with E-state index in [0.717, 1.165) is 34.4 Å². The lowest BCUT2D eigenvalue weighted by Gasteiger charge is -2.14. The number of nitrogens with one attached hydrogen (secondary N) is 1. The van der Waals surface area contributed by atoms with Crippen molar-refractivity contribution in [3.63, 3.8) is 0 Å². The van der Waals surface area contributed by atoms with Gasteiger partial charge in [0.25, 0.3) is 11.8 Å². The summed E-state index contributed by atoms with van der Waals surface area (Å²) >= 11 is 6.77. The maximum atomic E-state index is 13.0. The summed E-state index contributed by atoms with van der Waals surface area (Å²) in [5, 5.41) is 2.85. The number of thioether (sulfide) groups is 1. The Kier molecular flexibility index (Phi) is 9.20. The third kappa shape index (κ3) is 7.02. The van der Waals surface area contributed by atoms with E-state index in [1.807, 2.05) is 75.4 Å². The summed E-state index contributed by atoms with van der Waals surface area (Å²) in [7, 11) is 0. The third-order valence-electron chi connectivity index (χ3n) is 6.06. The molecular weight excluding hydrogens is 516 g/mol. The van der Waals surface area contributed by atoms with Crippen LogP contribution in [-0.2, 0) is 16.0 Å². The van der Waals surface area contributed by atoms with Crippen LogP contribution in [0.5, 0.6) is 11.5 Å². The third-order valence-corrected chi connectivity index (χ3v) is 7.43. The predicted octanol–water partition coefficient (Wildman–Crippen LogP) is 6.16. The van der Waals surface area contributed by atoms with E-state index in [9.17, 15) is 9.59 Å². The van der Waals surface area contributed by atoms with E-state index >= 15 is 0 Å². The zero-order chi connectivity index (χ0) is 27.1. The molecule has 0 bridgehead atoms. The molecular formula is C30H30N2O4S2. The van der Waals surface area contributed by atoms with Crippen molar-refractivity contribution in [1.82, 2.24) is 4.90 Å². The second kappa shape index (κ2) is 12.8. The van der Waals surface area contributed by atoms with Crippen molar-refractivity contribution in [2.75, 3.05) is 25.1 Å². The molecule has 0 spiro atoms. The summed E-state index contributed by atoms with van der Waals surface area (Å²) in [6, 6.07) is 21.2. The number of nitrogens with zero attached hydrogens (tertiary/aromatic N) is 1. The van der Waals surface area contributed by atoms with Gasteiger partial charge in [0, 0.05) is 12.2 Å². The van der Waals surface area contributed by atoms with Gasteiger partial charge in [-0.3, -0.25) is 14.5 Å². The molecule has 8 heteroatoms. The molecule has 4 rings (SSSR count). The number of benzene rings is 3. The summed E-state index contributed by atoms with van der Waals surface area (Å²) in [5.74, 6) is 0.589. The number of anilines is 1. The van der Waals surface area contributed by atoms with Crippen LogP contribution >= 0.6 is 24.0 Å². The summed E-state index contributed by atoms with van der Waals surface area (Å²) < 4.78 is 12.1. The van der Waals surface area contributed by atoms with Crippen molar-refractivity contribution in [1.29, 1.82) is 0 Å². The Labute approximate surface area is 233 Å². The molecule has 1 saturated heterocycles. The van der Waals surface area contributed by atoms with Crippen molar-refractivity contribution in [2.45, 2.75) is 27.2 Å². The molecule has 0 saturated carbocycles. The average Bonchev–Trinajstić information content (AvgIpc) is 3.17. The first-order valence-corrected chi connectivity index (χ1v) is 13.6. The Balaban J connectivity index is 1.40. The maximum absolute atomic E-state index is 13.0. The van der Waals surface area contributed by atoms with Gasteiger partial charge in [0.1, 0.15) is 4.32 Å². The minimum absolute atomic E-state index is 0.0998. The van der Waals surface area contributed by atoms with Crippen molar-refractivity contribution < 1.29 is 19.1 Å². The SMILES string of the molecule is CCOc1cc(/C=C2\SC(=S)N(CCc3ccccc3)C2=O)ccc1OCC(=O)Nc1ccc(C)c(C)c1.